The molecule has 0 amide bonds. The second-order valence-electron chi connectivity index (χ2n) is 6.61. The van der Waals surface area contributed by atoms with Gasteiger partial charge in [0.2, 0.25) is 0 Å². The van der Waals surface area contributed by atoms with Gasteiger partial charge in [-0.05, 0) is 50.6 Å². The number of piperidine rings is 1. The zero-order chi connectivity index (χ0) is 14.5. The van der Waals surface area contributed by atoms with Crippen LogP contribution < -0.4 is 10.2 Å². The Morgan fingerprint density at radius 3 is 3.00 bits per heavy atom. The van der Waals surface area contributed by atoms with Gasteiger partial charge in [0.05, 0.1) is 0 Å². The number of pyridine rings is 1. The van der Waals surface area contributed by atoms with E-state index in [1.54, 1.807) is 0 Å². The van der Waals surface area contributed by atoms with Crippen molar-refractivity contribution in [3.05, 3.63) is 23.9 Å². The highest BCUT2D eigenvalue weighted by Gasteiger charge is 2.34. The van der Waals surface area contributed by atoms with Crippen LogP contribution in [0.25, 0.3) is 0 Å². The minimum absolute atomic E-state index is 0.743. The number of fused-ring (bicyclic) bond motifs is 1. The fourth-order valence-corrected chi connectivity index (χ4v) is 4.11. The number of nitrogens with zero attached hydrogens (tertiary/aromatic N) is 2. The maximum absolute atomic E-state index is 4.76. The van der Waals surface area contributed by atoms with E-state index in [1.165, 1.54) is 62.9 Å². The summed E-state index contributed by atoms with van der Waals surface area (Å²) < 4.78 is 0. The zero-order valence-electron chi connectivity index (χ0n) is 13.4. The highest BCUT2D eigenvalue weighted by atomic mass is 15.2. The van der Waals surface area contributed by atoms with Gasteiger partial charge < -0.3 is 10.2 Å². The fraction of sp³-hybridized carbons (Fsp3) is 0.722. The van der Waals surface area contributed by atoms with E-state index in [0.29, 0.717) is 0 Å². The summed E-state index contributed by atoms with van der Waals surface area (Å²) in [5.74, 6) is 2.16. The summed E-state index contributed by atoms with van der Waals surface area (Å²) in [6, 6.07) is 5.07. The standard InChI is InChI=1S/C18H29N3/c1-2-11-19-14-16-8-5-12-20-18(16)21-13-6-9-15-7-3-4-10-17(15)21/h5,8,12,15,17,19H,2-4,6-7,9-11,13-14H2,1H3/t15-,17-/m1/s1. The van der Waals surface area contributed by atoms with Crippen LogP contribution in [0.5, 0.6) is 0 Å². The second-order valence-corrected chi connectivity index (χ2v) is 6.61. The van der Waals surface area contributed by atoms with Crippen molar-refractivity contribution in [3.63, 3.8) is 0 Å². The quantitative estimate of drug-likeness (QED) is 0.836. The molecular formula is C18H29N3. The molecule has 0 unspecified atom stereocenters. The molecule has 0 radical (unpaired) electrons. The summed E-state index contributed by atoms with van der Waals surface area (Å²) in [6.07, 6.45) is 11.5. The Labute approximate surface area is 129 Å². The second kappa shape index (κ2) is 7.26. The molecule has 1 N–H and O–H groups in total. The first kappa shape index (κ1) is 14.8. The largest absolute Gasteiger partial charge is 0.353 e. The van der Waals surface area contributed by atoms with Crippen molar-refractivity contribution in [2.24, 2.45) is 5.92 Å². The monoisotopic (exact) mass is 287 g/mol. The molecule has 2 heterocycles. The lowest BCUT2D eigenvalue weighted by Gasteiger charge is -2.45. The van der Waals surface area contributed by atoms with E-state index in [0.717, 1.165) is 25.0 Å². The maximum atomic E-state index is 4.76. The molecule has 21 heavy (non-hydrogen) atoms. The van der Waals surface area contributed by atoms with Crippen LogP contribution in [0.2, 0.25) is 0 Å². The Morgan fingerprint density at radius 1 is 1.24 bits per heavy atom. The van der Waals surface area contributed by atoms with Crippen LogP contribution >= 0.6 is 0 Å². The smallest absolute Gasteiger partial charge is 0.133 e. The van der Waals surface area contributed by atoms with Gasteiger partial charge in [-0.25, -0.2) is 4.98 Å². The van der Waals surface area contributed by atoms with Crippen LogP contribution in [0.1, 0.15) is 57.4 Å². The van der Waals surface area contributed by atoms with Crippen molar-refractivity contribution in [2.45, 2.75) is 64.5 Å². The molecule has 1 aliphatic carbocycles. The summed E-state index contributed by atoms with van der Waals surface area (Å²) in [5.41, 5.74) is 1.37. The highest BCUT2D eigenvalue weighted by Crippen LogP contribution is 2.37. The van der Waals surface area contributed by atoms with Gasteiger partial charge >= 0.3 is 0 Å². The highest BCUT2D eigenvalue weighted by molar-refractivity contribution is 5.48. The molecule has 1 aromatic rings. The Kier molecular flexibility index (Phi) is 5.13. The van der Waals surface area contributed by atoms with Gasteiger partial charge in [-0.1, -0.05) is 25.8 Å². The van der Waals surface area contributed by atoms with E-state index in [4.69, 9.17) is 4.98 Å². The van der Waals surface area contributed by atoms with E-state index in [9.17, 15) is 0 Å². The van der Waals surface area contributed by atoms with Gasteiger partial charge in [0.25, 0.3) is 0 Å². The molecule has 1 aliphatic heterocycles. The molecule has 1 aromatic heterocycles. The lowest BCUT2D eigenvalue weighted by molar-refractivity contribution is 0.242. The number of hydrogen-bond acceptors (Lipinski definition) is 3. The molecule has 2 aliphatic rings. The normalized spacial score (nSPS) is 25.7. The average molecular weight is 287 g/mol. The van der Waals surface area contributed by atoms with Crippen LogP contribution in [0.4, 0.5) is 5.82 Å². The molecule has 3 nitrogen and oxygen atoms in total. The van der Waals surface area contributed by atoms with E-state index in [-0.39, 0.29) is 0 Å². The first-order valence-corrected chi connectivity index (χ1v) is 8.81. The predicted octanol–water partition coefficient (Wildman–Crippen LogP) is 3.74. The fourth-order valence-electron chi connectivity index (χ4n) is 4.11. The van der Waals surface area contributed by atoms with Gasteiger partial charge in [-0.2, -0.15) is 0 Å². The van der Waals surface area contributed by atoms with Crippen LogP contribution in [-0.4, -0.2) is 24.1 Å². The first-order valence-electron chi connectivity index (χ1n) is 8.81. The molecule has 0 bridgehead atoms. The molecule has 0 aromatic carbocycles. The molecule has 0 spiro atoms. The van der Waals surface area contributed by atoms with Gasteiger partial charge in [0.15, 0.2) is 0 Å². The van der Waals surface area contributed by atoms with Crippen LogP contribution in [0.3, 0.4) is 0 Å². The van der Waals surface area contributed by atoms with Gasteiger partial charge in [-0.3, -0.25) is 0 Å². The first-order chi connectivity index (χ1) is 10.4. The Balaban J connectivity index is 1.78. The van der Waals surface area contributed by atoms with Gasteiger partial charge in [0, 0.05) is 30.9 Å². The summed E-state index contributed by atoms with van der Waals surface area (Å²) in [4.78, 5) is 7.39. The number of hydrogen-bond donors (Lipinski definition) is 1. The van der Waals surface area contributed by atoms with Crippen molar-refractivity contribution < 1.29 is 0 Å². The van der Waals surface area contributed by atoms with Crippen LogP contribution in [-0.2, 0) is 6.54 Å². The van der Waals surface area contributed by atoms with Crippen molar-refractivity contribution in [3.8, 4) is 0 Å². The van der Waals surface area contributed by atoms with Gasteiger partial charge in [-0.15, -0.1) is 0 Å². The number of anilines is 1. The minimum Gasteiger partial charge on any atom is -0.353 e. The van der Waals surface area contributed by atoms with Crippen LogP contribution in [0, 0.1) is 5.92 Å². The number of nitrogens with one attached hydrogen (secondary N) is 1. The summed E-state index contributed by atoms with van der Waals surface area (Å²) in [5, 5.41) is 3.54. The van der Waals surface area contributed by atoms with Gasteiger partial charge in [0.1, 0.15) is 5.82 Å². The molecule has 2 atom stereocenters. The van der Waals surface area contributed by atoms with Crippen molar-refractivity contribution in [1.29, 1.82) is 0 Å². The van der Waals surface area contributed by atoms with Crippen LogP contribution in [0.15, 0.2) is 18.3 Å². The van der Waals surface area contributed by atoms with E-state index in [1.807, 2.05) is 6.20 Å². The third-order valence-corrected chi connectivity index (χ3v) is 5.13. The summed E-state index contributed by atoms with van der Waals surface area (Å²) in [6.45, 7) is 5.44. The molecule has 1 saturated carbocycles. The molecular weight excluding hydrogens is 258 g/mol. The Morgan fingerprint density at radius 2 is 2.10 bits per heavy atom. The molecule has 116 valence electrons. The Hall–Kier alpha value is -1.09. The lowest BCUT2D eigenvalue weighted by atomic mass is 9.78. The topological polar surface area (TPSA) is 28.2 Å². The van der Waals surface area contributed by atoms with Crippen molar-refractivity contribution in [1.82, 2.24) is 10.3 Å². The lowest BCUT2D eigenvalue weighted by Crippen LogP contribution is -2.47. The Bertz CT molecular complexity index is 444. The number of aromatic nitrogens is 1. The number of rotatable bonds is 5. The third kappa shape index (κ3) is 3.39. The van der Waals surface area contributed by atoms with Crippen molar-refractivity contribution in [2.75, 3.05) is 18.0 Å². The third-order valence-electron chi connectivity index (χ3n) is 5.13. The maximum Gasteiger partial charge on any atom is 0.133 e. The molecule has 3 heteroatoms. The van der Waals surface area contributed by atoms with E-state index >= 15 is 0 Å². The molecule has 3 rings (SSSR count). The summed E-state index contributed by atoms with van der Waals surface area (Å²) >= 11 is 0. The SMILES string of the molecule is CCCNCc1cccnc1N1CCC[C@H]2CCCC[C@H]21. The molecule has 1 saturated heterocycles. The van der Waals surface area contributed by atoms with Crippen molar-refractivity contribution >= 4 is 5.82 Å². The predicted molar refractivity (Wildman–Crippen MR) is 88.6 cm³/mol. The van der Waals surface area contributed by atoms with E-state index in [2.05, 4.69) is 29.3 Å². The zero-order valence-corrected chi connectivity index (χ0v) is 13.4. The van der Waals surface area contributed by atoms with E-state index < -0.39 is 0 Å². The minimum atomic E-state index is 0.743. The average Bonchev–Trinajstić information content (AvgIpc) is 2.55. The molecule has 2 fully saturated rings. The summed E-state index contributed by atoms with van der Waals surface area (Å²) in [7, 11) is 0.